The summed E-state index contributed by atoms with van der Waals surface area (Å²) >= 11 is 0. The summed E-state index contributed by atoms with van der Waals surface area (Å²) in [6.45, 7) is 7.12. The minimum absolute atomic E-state index is 0.122. The summed E-state index contributed by atoms with van der Waals surface area (Å²) in [4.78, 5) is 12.6. The van der Waals surface area contributed by atoms with Crippen LogP contribution in [0.15, 0.2) is 24.7 Å². The van der Waals surface area contributed by atoms with Gasteiger partial charge in [-0.3, -0.25) is 10.1 Å². The zero-order chi connectivity index (χ0) is 20.7. The van der Waals surface area contributed by atoms with E-state index in [1.807, 2.05) is 18.9 Å². The van der Waals surface area contributed by atoms with Crippen LogP contribution in [0.4, 0.5) is 19.0 Å². The van der Waals surface area contributed by atoms with Crippen LogP contribution >= 0.6 is 0 Å². The van der Waals surface area contributed by atoms with Crippen LogP contribution in [0, 0.1) is 0 Å². The number of nitrogens with zero attached hydrogens (tertiary/aromatic N) is 4. The molecule has 0 radical (unpaired) electrons. The van der Waals surface area contributed by atoms with Crippen LogP contribution in [0.2, 0.25) is 0 Å². The zero-order valence-corrected chi connectivity index (χ0v) is 15.9. The maximum atomic E-state index is 13.3. The predicted octanol–water partition coefficient (Wildman–Crippen LogP) is 3.79. The van der Waals surface area contributed by atoms with Crippen molar-refractivity contribution in [1.82, 2.24) is 25.1 Å². The average molecular weight is 394 g/mol. The Balaban J connectivity index is 2.12. The number of aromatic nitrogens is 5. The second-order valence-electron chi connectivity index (χ2n) is 7.94. The second-order valence-corrected chi connectivity index (χ2v) is 7.94. The molecule has 0 aliphatic rings. The second kappa shape index (κ2) is 6.69. The first kappa shape index (κ1) is 20.0. The van der Waals surface area contributed by atoms with Crippen molar-refractivity contribution in [2.75, 3.05) is 5.32 Å². The summed E-state index contributed by atoms with van der Waals surface area (Å²) in [7, 11) is 0. The fourth-order valence-corrected chi connectivity index (χ4v) is 3.31. The SMILES string of the molecule is CC(C)(O)CC(C)(C)Nc1nc(-c2cn[nH]c2C(F)(F)F)nc2cnccc12. The van der Waals surface area contributed by atoms with Crippen molar-refractivity contribution in [3.05, 3.63) is 30.4 Å². The van der Waals surface area contributed by atoms with Crippen molar-refractivity contribution in [2.24, 2.45) is 0 Å². The quantitative estimate of drug-likeness (QED) is 0.609. The Kier molecular flexibility index (Phi) is 4.78. The molecule has 150 valence electrons. The fourth-order valence-electron chi connectivity index (χ4n) is 3.31. The van der Waals surface area contributed by atoms with Gasteiger partial charge in [0.25, 0.3) is 0 Å². The summed E-state index contributed by atoms with van der Waals surface area (Å²) in [5, 5.41) is 19.5. The van der Waals surface area contributed by atoms with Crippen LogP contribution in [0.1, 0.15) is 39.8 Å². The third kappa shape index (κ3) is 4.38. The van der Waals surface area contributed by atoms with Gasteiger partial charge < -0.3 is 10.4 Å². The third-order valence-electron chi connectivity index (χ3n) is 3.99. The summed E-state index contributed by atoms with van der Waals surface area (Å²) in [5.41, 5.74) is -2.41. The molecular weight excluding hydrogens is 373 g/mol. The van der Waals surface area contributed by atoms with Crippen LogP contribution in [-0.4, -0.2) is 41.4 Å². The molecule has 3 aromatic rings. The first-order valence-electron chi connectivity index (χ1n) is 8.59. The lowest BCUT2D eigenvalue weighted by Crippen LogP contribution is -2.39. The molecule has 3 aromatic heterocycles. The van der Waals surface area contributed by atoms with Gasteiger partial charge in [0.05, 0.1) is 29.1 Å². The first-order valence-corrected chi connectivity index (χ1v) is 8.59. The standard InChI is InChI=1S/C18H21F3N6O/c1-16(2,9-17(3,4)28)26-15-10-5-6-22-8-12(10)24-14(25-15)11-7-23-27-13(11)18(19,20)21/h5-8,28H,9H2,1-4H3,(H,23,27)(H,24,25,26). The molecule has 28 heavy (non-hydrogen) atoms. The van der Waals surface area contributed by atoms with E-state index in [0.717, 1.165) is 6.20 Å². The van der Waals surface area contributed by atoms with Crippen LogP contribution in [0.5, 0.6) is 0 Å². The summed E-state index contributed by atoms with van der Waals surface area (Å²) < 4.78 is 39.8. The Labute approximate surface area is 159 Å². The molecule has 0 saturated carbocycles. The zero-order valence-electron chi connectivity index (χ0n) is 15.9. The summed E-state index contributed by atoms with van der Waals surface area (Å²) in [5.74, 6) is 0.231. The van der Waals surface area contributed by atoms with Gasteiger partial charge in [0.1, 0.15) is 5.82 Å². The molecule has 0 aliphatic heterocycles. The number of pyridine rings is 1. The van der Waals surface area contributed by atoms with Crippen LogP contribution in [-0.2, 0) is 6.18 Å². The molecule has 3 rings (SSSR count). The highest BCUT2D eigenvalue weighted by atomic mass is 19.4. The number of anilines is 1. The lowest BCUT2D eigenvalue weighted by Gasteiger charge is -2.33. The van der Waals surface area contributed by atoms with E-state index in [1.54, 1.807) is 26.1 Å². The van der Waals surface area contributed by atoms with E-state index >= 15 is 0 Å². The topological polar surface area (TPSA) is 99.6 Å². The van der Waals surface area contributed by atoms with Gasteiger partial charge >= 0.3 is 6.18 Å². The molecule has 3 N–H and O–H groups in total. The maximum absolute atomic E-state index is 13.3. The molecule has 0 aliphatic carbocycles. The highest BCUT2D eigenvalue weighted by Gasteiger charge is 2.37. The van der Waals surface area contributed by atoms with Crippen molar-refractivity contribution in [1.29, 1.82) is 0 Å². The number of hydrogen-bond acceptors (Lipinski definition) is 6. The van der Waals surface area contributed by atoms with Gasteiger partial charge in [-0.25, -0.2) is 9.97 Å². The summed E-state index contributed by atoms with van der Waals surface area (Å²) in [6, 6.07) is 1.68. The van der Waals surface area contributed by atoms with E-state index in [1.165, 1.54) is 6.20 Å². The molecule has 0 aromatic carbocycles. The molecular formula is C18H21F3N6O. The highest BCUT2D eigenvalue weighted by molar-refractivity contribution is 5.90. The number of fused-ring (bicyclic) bond motifs is 1. The Bertz CT molecular complexity index is 991. The molecule has 7 nitrogen and oxygen atoms in total. The molecule has 0 atom stereocenters. The number of alkyl halides is 3. The van der Waals surface area contributed by atoms with Crippen molar-refractivity contribution < 1.29 is 18.3 Å². The molecule has 0 saturated heterocycles. The number of aromatic amines is 1. The number of rotatable bonds is 5. The third-order valence-corrected chi connectivity index (χ3v) is 3.99. The molecule has 0 amide bonds. The van der Waals surface area contributed by atoms with E-state index in [-0.39, 0.29) is 11.4 Å². The number of aliphatic hydroxyl groups is 1. The van der Waals surface area contributed by atoms with Crippen molar-refractivity contribution in [3.63, 3.8) is 0 Å². The number of nitrogens with one attached hydrogen (secondary N) is 2. The number of H-pyrrole nitrogens is 1. The number of halogens is 3. The Hall–Kier alpha value is -2.75. The monoisotopic (exact) mass is 394 g/mol. The maximum Gasteiger partial charge on any atom is 0.433 e. The smallest absolute Gasteiger partial charge is 0.390 e. The average Bonchev–Trinajstić information content (AvgIpc) is 3.02. The van der Waals surface area contributed by atoms with E-state index in [9.17, 15) is 18.3 Å². The summed E-state index contributed by atoms with van der Waals surface area (Å²) in [6.07, 6.45) is -0.176. The Morgan fingerprint density at radius 3 is 2.46 bits per heavy atom. The van der Waals surface area contributed by atoms with Gasteiger partial charge in [0, 0.05) is 17.1 Å². The molecule has 3 heterocycles. The Morgan fingerprint density at radius 1 is 1.11 bits per heavy atom. The van der Waals surface area contributed by atoms with Crippen LogP contribution in [0.25, 0.3) is 22.3 Å². The van der Waals surface area contributed by atoms with Gasteiger partial charge in [-0.2, -0.15) is 18.3 Å². The minimum atomic E-state index is -4.62. The van der Waals surface area contributed by atoms with E-state index < -0.39 is 23.0 Å². The van der Waals surface area contributed by atoms with Crippen LogP contribution in [0.3, 0.4) is 0 Å². The Morgan fingerprint density at radius 2 is 1.82 bits per heavy atom. The minimum Gasteiger partial charge on any atom is -0.390 e. The van der Waals surface area contributed by atoms with Gasteiger partial charge in [-0.1, -0.05) is 0 Å². The van der Waals surface area contributed by atoms with Crippen molar-refractivity contribution in [2.45, 2.75) is 51.4 Å². The largest absolute Gasteiger partial charge is 0.433 e. The van der Waals surface area contributed by atoms with E-state index in [0.29, 0.717) is 23.1 Å². The molecule has 0 spiro atoms. The number of hydrogen-bond donors (Lipinski definition) is 3. The normalized spacial score (nSPS) is 13.1. The van der Waals surface area contributed by atoms with Gasteiger partial charge in [-0.05, 0) is 40.2 Å². The lowest BCUT2D eigenvalue weighted by atomic mass is 9.89. The first-order chi connectivity index (χ1) is 12.9. The van der Waals surface area contributed by atoms with E-state index in [2.05, 4.69) is 25.4 Å². The predicted molar refractivity (Wildman–Crippen MR) is 98.5 cm³/mol. The molecule has 0 unspecified atom stereocenters. The van der Waals surface area contributed by atoms with Gasteiger partial charge in [0.2, 0.25) is 0 Å². The molecule has 10 heteroatoms. The molecule has 0 bridgehead atoms. The van der Waals surface area contributed by atoms with Crippen molar-refractivity contribution >= 4 is 16.7 Å². The van der Waals surface area contributed by atoms with Gasteiger partial charge in [0.15, 0.2) is 11.5 Å². The van der Waals surface area contributed by atoms with E-state index in [4.69, 9.17) is 0 Å². The van der Waals surface area contributed by atoms with Gasteiger partial charge in [-0.15, -0.1) is 0 Å². The fraction of sp³-hybridized carbons (Fsp3) is 0.444. The van der Waals surface area contributed by atoms with Crippen molar-refractivity contribution in [3.8, 4) is 11.4 Å². The molecule has 0 fully saturated rings. The highest BCUT2D eigenvalue weighted by Crippen LogP contribution is 2.36. The lowest BCUT2D eigenvalue weighted by molar-refractivity contribution is -0.140. The van der Waals surface area contributed by atoms with Crippen LogP contribution < -0.4 is 5.32 Å².